The third-order valence-electron chi connectivity index (χ3n) is 2.83. The fraction of sp³-hybridized carbons (Fsp3) is 0.273. The van der Waals surface area contributed by atoms with E-state index in [1.165, 1.54) is 10.7 Å². The molecule has 1 aliphatic carbocycles. The van der Waals surface area contributed by atoms with Gasteiger partial charge in [0.2, 0.25) is 0 Å². The topological polar surface area (TPSA) is 91.3 Å². The molecule has 1 N–H and O–H groups in total. The second-order valence-electron chi connectivity index (χ2n) is 4.05. The average molecular weight is 228 g/mol. The maximum Gasteiger partial charge on any atom is 0.354 e. The largest absolute Gasteiger partial charge is 0.477 e. The number of hydrogen-bond donors (Lipinski definition) is 1. The second kappa shape index (κ2) is 3.28. The third kappa shape index (κ3) is 1.44. The molecule has 0 atom stereocenters. The summed E-state index contributed by atoms with van der Waals surface area (Å²) in [6.45, 7) is 0. The molecule has 3 rings (SSSR count). The Kier molecular flexibility index (Phi) is 1.89. The number of nitriles is 1. The lowest BCUT2D eigenvalue weighted by Gasteiger charge is -2.03. The molecule has 2 heterocycles. The summed E-state index contributed by atoms with van der Waals surface area (Å²) in [6, 6.07) is 3.51. The fourth-order valence-electron chi connectivity index (χ4n) is 1.80. The summed E-state index contributed by atoms with van der Waals surface area (Å²) >= 11 is 0. The van der Waals surface area contributed by atoms with Crippen molar-refractivity contribution in [1.82, 2.24) is 14.6 Å². The Morgan fingerprint density at radius 2 is 2.35 bits per heavy atom. The highest BCUT2D eigenvalue weighted by atomic mass is 16.4. The Morgan fingerprint density at radius 1 is 1.59 bits per heavy atom. The smallest absolute Gasteiger partial charge is 0.354 e. The molecule has 0 spiro atoms. The van der Waals surface area contributed by atoms with Crippen LogP contribution in [0, 0.1) is 11.3 Å². The van der Waals surface area contributed by atoms with Gasteiger partial charge in [0.25, 0.3) is 0 Å². The van der Waals surface area contributed by atoms with Crippen LogP contribution in [0.25, 0.3) is 5.65 Å². The molecule has 0 aliphatic heterocycles. The molecule has 17 heavy (non-hydrogen) atoms. The molecule has 2 aromatic heterocycles. The molecule has 0 saturated heterocycles. The van der Waals surface area contributed by atoms with E-state index in [9.17, 15) is 4.79 Å². The van der Waals surface area contributed by atoms with Crippen LogP contribution in [0.5, 0.6) is 0 Å². The Morgan fingerprint density at radius 3 is 2.94 bits per heavy atom. The molecular weight excluding hydrogens is 220 g/mol. The zero-order valence-corrected chi connectivity index (χ0v) is 8.79. The monoisotopic (exact) mass is 228 g/mol. The van der Waals surface area contributed by atoms with Crippen molar-refractivity contribution in [3.8, 4) is 6.07 Å². The first-order valence-electron chi connectivity index (χ1n) is 5.23. The van der Waals surface area contributed by atoms with Crippen LogP contribution in [0.4, 0.5) is 0 Å². The molecule has 0 amide bonds. The van der Waals surface area contributed by atoms with Crippen molar-refractivity contribution in [2.24, 2.45) is 0 Å². The number of carbonyl (C=O) groups is 1. The highest BCUT2D eigenvalue weighted by Crippen LogP contribution is 2.39. The van der Waals surface area contributed by atoms with E-state index in [1.807, 2.05) is 6.07 Å². The summed E-state index contributed by atoms with van der Waals surface area (Å²) in [4.78, 5) is 15.5. The van der Waals surface area contributed by atoms with Crippen LogP contribution in [0.1, 0.15) is 40.5 Å². The number of aromatic nitrogens is 3. The predicted molar refractivity (Wildman–Crippen MR) is 56.6 cm³/mol. The van der Waals surface area contributed by atoms with Crippen LogP contribution in [0.3, 0.4) is 0 Å². The minimum atomic E-state index is -1.06. The number of hydrogen-bond acceptors (Lipinski definition) is 4. The van der Waals surface area contributed by atoms with E-state index >= 15 is 0 Å². The van der Waals surface area contributed by atoms with Crippen LogP contribution in [-0.4, -0.2) is 25.7 Å². The van der Waals surface area contributed by atoms with Gasteiger partial charge in [-0.25, -0.2) is 14.3 Å². The summed E-state index contributed by atoms with van der Waals surface area (Å²) < 4.78 is 1.20. The molecule has 1 fully saturated rings. The number of carboxylic acid groups (broad SMARTS) is 1. The third-order valence-corrected chi connectivity index (χ3v) is 2.83. The van der Waals surface area contributed by atoms with Gasteiger partial charge in [-0.15, -0.1) is 0 Å². The SMILES string of the molecule is N#Cc1cnn2c(C(=O)O)cc(C3CC3)nc12. The van der Waals surface area contributed by atoms with Crippen molar-refractivity contribution in [3.63, 3.8) is 0 Å². The minimum absolute atomic E-state index is 0.0541. The van der Waals surface area contributed by atoms with Gasteiger partial charge in [-0.2, -0.15) is 10.4 Å². The van der Waals surface area contributed by atoms with Gasteiger partial charge in [-0.3, -0.25) is 0 Å². The molecule has 6 heteroatoms. The summed E-state index contributed by atoms with van der Waals surface area (Å²) in [5, 5.41) is 21.9. The lowest BCUT2D eigenvalue weighted by molar-refractivity contribution is 0.0687. The lowest BCUT2D eigenvalue weighted by Crippen LogP contribution is -2.09. The van der Waals surface area contributed by atoms with Crippen LogP contribution in [0.15, 0.2) is 12.3 Å². The van der Waals surface area contributed by atoms with Crippen LogP contribution in [0.2, 0.25) is 0 Å². The van der Waals surface area contributed by atoms with Gasteiger partial charge in [-0.1, -0.05) is 0 Å². The maximum atomic E-state index is 11.1. The van der Waals surface area contributed by atoms with Gasteiger partial charge >= 0.3 is 5.97 Å². The van der Waals surface area contributed by atoms with E-state index in [1.54, 1.807) is 6.07 Å². The normalized spacial score (nSPS) is 14.8. The average Bonchev–Trinajstić information content (AvgIpc) is 3.08. The van der Waals surface area contributed by atoms with Gasteiger partial charge in [0.15, 0.2) is 11.3 Å². The highest BCUT2D eigenvalue weighted by molar-refractivity contribution is 5.86. The minimum Gasteiger partial charge on any atom is -0.477 e. The van der Waals surface area contributed by atoms with Crippen molar-refractivity contribution in [1.29, 1.82) is 5.26 Å². The van der Waals surface area contributed by atoms with E-state index in [4.69, 9.17) is 10.4 Å². The fourth-order valence-corrected chi connectivity index (χ4v) is 1.80. The van der Waals surface area contributed by atoms with Crippen LogP contribution >= 0.6 is 0 Å². The molecule has 2 aromatic rings. The number of carboxylic acids is 1. The Bertz CT molecular complexity index is 664. The van der Waals surface area contributed by atoms with Gasteiger partial charge in [0, 0.05) is 11.6 Å². The molecule has 0 bridgehead atoms. The molecular formula is C11H8N4O2. The maximum absolute atomic E-state index is 11.1. The van der Waals surface area contributed by atoms with E-state index in [-0.39, 0.29) is 5.69 Å². The first kappa shape index (κ1) is 9.78. The van der Waals surface area contributed by atoms with Crippen molar-refractivity contribution in [2.75, 3.05) is 0 Å². The molecule has 0 radical (unpaired) electrons. The van der Waals surface area contributed by atoms with E-state index in [2.05, 4.69) is 10.1 Å². The zero-order valence-electron chi connectivity index (χ0n) is 8.79. The van der Waals surface area contributed by atoms with Gasteiger partial charge < -0.3 is 5.11 Å². The van der Waals surface area contributed by atoms with Gasteiger partial charge in [-0.05, 0) is 18.9 Å². The predicted octanol–water partition coefficient (Wildman–Crippen LogP) is 1.18. The van der Waals surface area contributed by atoms with Crippen LogP contribution in [-0.2, 0) is 0 Å². The zero-order chi connectivity index (χ0) is 12.0. The van der Waals surface area contributed by atoms with Crippen LogP contribution < -0.4 is 0 Å². The van der Waals surface area contributed by atoms with Gasteiger partial charge in [0.1, 0.15) is 11.6 Å². The molecule has 6 nitrogen and oxygen atoms in total. The molecule has 0 unspecified atom stereocenters. The molecule has 1 aliphatic rings. The summed E-state index contributed by atoms with van der Waals surface area (Å²) in [7, 11) is 0. The molecule has 0 aromatic carbocycles. The lowest BCUT2D eigenvalue weighted by atomic mass is 10.2. The highest BCUT2D eigenvalue weighted by Gasteiger charge is 2.27. The number of fused-ring (bicyclic) bond motifs is 1. The second-order valence-corrected chi connectivity index (χ2v) is 4.05. The van der Waals surface area contributed by atoms with Gasteiger partial charge in [0.05, 0.1) is 6.20 Å². The van der Waals surface area contributed by atoms with Crippen molar-refractivity contribution >= 4 is 11.6 Å². The summed E-state index contributed by atoms with van der Waals surface area (Å²) in [5.41, 5.74) is 1.43. The van der Waals surface area contributed by atoms with E-state index < -0.39 is 5.97 Å². The van der Waals surface area contributed by atoms with Crippen molar-refractivity contribution in [3.05, 3.63) is 29.2 Å². The Labute approximate surface area is 96.1 Å². The van der Waals surface area contributed by atoms with E-state index in [0.717, 1.165) is 18.5 Å². The summed E-state index contributed by atoms with van der Waals surface area (Å²) in [6.07, 6.45) is 3.39. The quantitative estimate of drug-likeness (QED) is 0.833. The number of aromatic carboxylic acids is 1. The van der Waals surface area contributed by atoms with Crippen molar-refractivity contribution in [2.45, 2.75) is 18.8 Å². The summed E-state index contributed by atoms with van der Waals surface area (Å²) in [5.74, 6) is -0.730. The Hall–Kier alpha value is -2.42. The Balaban J connectivity index is 2.33. The molecule has 84 valence electrons. The number of rotatable bonds is 2. The van der Waals surface area contributed by atoms with E-state index in [0.29, 0.717) is 17.1 Å². The van der Waals surface area contributed by atoms with Crippen molar-refractivity contribution < 1.29 is 9.90 Å². The first-order valence-corrected chi connectivity index (χ1v) is 5.23. The first-order chi connectivity index (χ1) is 8.20. The number of nitrogens with zero attached hydrogens (tertiary/aromatic N) is 4. The molecule has 1 saturated carbocycles. The standard InChI is InChI=1S/C11H8N4O2/c12-4-7-5-13-15-9(11(16)17)3-8(6-1-2-6)14-10(7)15/h3,5-6H,1-2H2,(H,16,17).